The smallest absolute Gasteiger partial charge is 0.238 e. The molecule has 0 saturated carbocycles. The Morgan fingerprint density at radius 2 is 1.95 bits per heavy atom. The highest BCUT2D eigenvalue weighted by Gasteiger charge is 2.24. The van der Waals surface area contributed by atoms with Crippen LogP contribution in [0.2, 0.25) is 15.1 Å². The molecule has 0 aromatic heterocycles. The summed E-state index contributed by atoms with van der Waals surface area (Å²) in [5.41, 5.74) is 5.58. The topological polar surface area (TPSA) is 87.5 Å². The van der Waals surface area contributed by atoms with Crippen LogP contribution in [-0.2, 0) is 9.59 Å². The maximum absolute atomic E-state index is 12.1. The molecule has 9 heteroatoms. The summed E-state index contributed by atoms with van der Waals surface area (Å²) >= 11 is 17.9. The molecule has 2 amide bonds. The molecule has 2 rings (SSSR count). The summed E-state index contributed by atoms with van der Waals surface area (Å²) in [7, 11) is 0. The van der Waals surface area contributed by atoms with Gasteiger partial charge in [-0.15, -0.1) is 0 Å². The number of nitrogens with two attached hydrogens (primary N) is 1. The van der Waals surface area contributed by atoms with Crippen LogP contribution >= 0.6 is 34.8 Å². The van der Waals surface area contributed by atoms with Gasteiger partial charge in [-0.2, -0.15) is 0 Å². The Kier molecular flexibility index (Phi) is 5.88. The van der Waals surface area contributed by atoms with Crippen molar-refractivity contribution in [3.63, 3.8) is 0 Å². The normalized spacial score (nSPS) is 19.0. The first-order valence-corrected chi connectivity index (χ1v) is 7.69. The quantitative estimate of drug-likeness (QED) is 0.751. The number of nitrogens with zero attached hydrogens (tertiary/aromatic N) is 1. The van der Waals surface area contributed by atoms with Gasteiger partial charge in [0.2, 0.25) is 11.8 Å². The molecule has 1 unspecified atom stereocenters. The van der Waals surface area contributed by atoms with E-state index in [1.807, 2.05) is 4.90 Å². The van der Waals surface area contributed by atoms with Crippen molar-refractivity contribution in [2.24, 2.45) is 5.73 Å². The number of anilines is 1. The Morgan fingerprint density at radius 3 is 2.55 bits per heavy atom. The first-order chi connectivity index (χ1) is 10.4. The van der Waals surface area contributed by atoms with Gasteiger partial charge in [0.25, 0.3) is 0 Å². The maximum atomic E-state index is 12.1. The molecule has 1 aromatic carbocycles. The molecule has 6 nitrogen and oxygen atoms in total. The average molecular weight is 366 g/mol. The van der Waals surface area contributed by atoms with Gasteiger partial charge < -0.3 is 16.4 Å². The van der Waals surface area contributed by atoms with Gasteiger partial charge in [-0.05, 0) is 12.1 Å². The van der Waals surface area contributed by atoms with E-state index in [1.165, 1.54) is 12.1 Å². The summed E-state index contributed by atoms with van der Waals surface area (Å²) in [4.78, 5) is 25.1. The molecular formula is C13H15Cl3N4O2. The third-order valence-corrected chi connectivity index (χ3v) is 4.06. The summed E-state index contributed by atoms with van der Waals surface area (Å²) in [6.45, 7) is 1.72. The number of nitrogens with one attached hydrogen (secondary N) is 2. The lowest BCUT2D eigenvalue weighted by Gasteiger charge is -2.31. The molecule has 1 fully saturated rings. The largest absolute Gasteiger partial charge is 0.368 e. The van der Waals surface area contributed by atoms with Crippen molar-refractivity contribution in [1.29, 1.82) is 0 Å². The van der Waals surface area contributed by atoms with Crippen LogP contribution < -0.4 is 16.4 Å². The van der Waals surface area contributed by atoms with Crippen molar-refractivity contribution >= 4 is 52.3 Å². The number of rotatable bonds is 4. The predicted octanol–water partition coefficient (Wildman–Crippen LogP) is 1.34. The molecule has 22 heavy (non-hydrogen) atoms. The molecule has 0 bridgehead atoms. The third kappa shape index (κ3) is 4.47. The number of primary amides is 1. The van der Waals surface area contributed by atoms with Crippen LogP contribution in [0, 0.1) is 0 Å². The van der Waals surface area contributed by atoms with Crippen molar-refractivity contribution in [2.45, 2.75) is 6.04 Å². The van der Waals surface area contributed by atoms with Crippen molar-refractivity contribution in [3.05, 3.63) is 27.2 Å². The molecule has 0 aliphatic carbocycles. The number of carbonyl (C=O) groups is 2. The number of carbonyl (C=O) groups excluding carboxylic acids is 2. The fourth-order valence-corrected chi connectivity index (χ4v) is 3.10. The van der Waals surface area contributed by atoms with Gasteiger partial charge in [0.05, 0.1) is 28.3 Å². The summed E-state index contributed by atoms with van der Waals surface area (Å²) < 4.78 is 0. The molecule has 0 spiro atoms. The summed E-state index contributed by atoms with van der Waals surface area (Å²) in [5, 5.41) is 6.57. The van der Waals surface area contributed by atoms with Crippen LogP contribution in [0.3, 0.4) is 0 Å². The van der Waals surface area contributed by atoms with Gasteiger partial charge in [-0.1, -0.05) is 34.8 Å². The van der Waals surface area contributed by atoms with E-state index < -0.39 is 11.9 Å². The Labute approximate surface area is 142 Å². The minimum atomic E-state index is -0.454. The van der Waals surface area contributed by atoms with Gasteiger partial charge in [0.15, 0.2) is 0 Å². The van der Waals surface area contributed by atoms with E-state index in [4.69, 9.17) is 40.5 Å². The zero-order valence-corrected chi connectivity index (χ0v) is 13.8. The highest BCUT2D eigenvalue weighted by atomic mass is 35.5. The lowest BCUT2D eigenvalue weighted by molar-refractivity contribution is -0.123. The lowest BCUT2D eigenvalue weighted by atomic mass is 10.2. The molecular weight excluding hydrogens is 351 g/mol. The second-order valence-electron chi connectivity index (χ2n) is 4.94. The molecule has 4 N–H and O–H groups in total. The molecule has 1 atom stereocenters. The van der Waals surface area contributed by atoms with Gasteiger partial charge in [0.1, 0.15) is 0 Å². The number of benzene rings is 1. The first-order valence-electron chi connectivity index (χ1n) is 6.56. The van der Waals surface area contributed by atoms with Crippen LogP contribution in [-0.4, -0.2) is 48.9 Å². The van der Waals surface area contributed by atoms with Crippen molar-refractivity contribution in [3.8, 4) is 0 Å². The lowest BCUT2D eigenvalue weighted by Crippen LogP contribution is -2.57. The third-order valence-electron chi connectivity index (χ3n) is 3.24. The average Bonchev–Trinajstić information content (AvgIpc) is 2.43. The van der Waals surface area contributed by atoms with E-state index in [0.29, 0.717) is 30.3 Å². The Morgan fingerprint density at radius 1 is 1.32 bits per heavy atom. The number of hydrogen-bond acceptors (Lipinski definition) is 4. The van der Waals surface area contributed by atoms with E-state index in [2.05, 4.69) is 10.6 Å². The highest BCUT2D eigenvalue weighted by molar-refractivity contribution is 6.42. The van der Waals surface area contributed by atoms with Crippen molar-refractivity contribution < 1.29 is 9.59 Å². The summed E-state index contributed by atoms with van der Waals surface area (Å²) in [6, 6.07) is 2.54. The van der Waals surface area contributed by atoms with Gasteiger partial charge in [-0.25, -0.2) is 0 Å². The molecule has 1 aliphatic rings. The second kappa shape index (κ2) is 7.48. The van der Waals surface area contributed by atoms with Gasteiger partial charge in [0, 0.05) is 24.7 Å². The number of hydrogen-bond donors (Lipinski definition) is 3. The van der Waals surface area contributed by atoms with E-state index in [0.717, 1.165) is 0 Å². The van der Waals surface area contributed by atoms with Crippen molar-refractivity contribution in [2.75, 3.05) is 31.5 Å². The van der Waals surface area contributed by atoms with Crippen molar-refractivity contribution in [1.82, 2.24) is 10.2 Å². The van der Waals surface area contributed by atoms with Crippen LogP contribution in [0.4, 0.5) is 5.69 Å². The molecule has 1 aliphatic heterocycles. The monoisotopic (exact) mass is 364 g/mol. The minimum Gasteiger partial charge on any atom is -0.368 e. The number of amides is 2. The van der Waals surface area contributed by atoms with E-state index in [9.17, 15) is 9.59 Å². The van der Waals surface area contributed by atoms with E-state index in [1.54, 1.807) is 0 Å². The predicted molar refractivity (Wildman–Crippen MR) is 87.5 cm³/mol. The second-order valence-corrected chi connectivity index (χ2v) is 6.19. The fourth-order valence-electron chi connectivity index (χ4n) is 2.19. The number of halogens is 3. The first kappa shape index (κ1) is 17.3. The molecule has 120 valence electrons. The Balaban J connectivity index is 1.97. The highest BCUT2D eigenvalue weighted by Crippen LogP contribution is 2.33. The van der Waals surface area contributed by atoms with E-state index >= 15 is 0 Å². The number of piperazine rings is 1. The summed E-state index contributed by atoms with van der Waals surface area (Å²) in [6.07, 6.45) is 0. The van der Waals surface area contributed by atoms with E-state index in [-0.39, 0.29) is 22.5 Å². The molecule has 0 radical (unpaired) electrons. The minimum absolute atomic E-state index is 0.112. The van der Waals surface area contributed by atoms with Crippen LogP contribution in [0.15, 0.2) is 12.1 Å². The maximum Gasteiger partial charge on any atom is 0.238 e. The molecule has 1 aromatic rings. The SMILES string of the molecule is NC(=O)C1CN(CC(=O)Nc2c(Cl)cc(Cl)cc2Cl)CCN1. The van der Waals surface area contributed by atoms with Crippen LogP contribution in [0.1, 0.15) is 0 Å². The van der Waals surface area contributed by atoms with Crippen LogP contribution in [0.5, 0.6) is 0 Å². The van der Waals surface area contributed by atoms with Crippen LogP contribution in [0.25, 0.3) is 0 Å². The Hall–Kier alpha value is -1.05. The zero-order valence-electron chi connectivity index (χ0n) is 11.5. The zero-order chi connectivity index (χ0) is 16.3. The van der Waals surface area contributed by atoms with Gasteiger partial charge in [-0.3, -0.25) is 14.5 Å². The molecule has 1 saturated heterocycles. The molecule has 1 heterocycles. The Bertz CT molecular complexity index is 574. The summed E-state index contributed by atoms with van der Waals surface area (Å²) in [5.74, 6) is -0.717. The van der Waals surface area contributed by atoms with Gasteiger partial charge >= 0.3 is 0 Å². The standard InChI is InChI=1S/C13H15Cl3N4O2/c14-7-3-8(15)12(9(16)4-7)19-11(21)6-20-2-1-18-10(5-20)13(17)22/h3-4,10,18H,1-2,5-6H2,(H2,17,22)(H,19,21). The fraction of sp³-hybridized carbons (Fsp3) is 0.385.